The van der Waals surface area contributed by atoms with Gasteiger partial charge in [-0.25, -0.2) is 4.79 Å². The van der Waals surface area contributed by atoms with Crippen LogP contribution in [0.25, 0.3) is 11.1 Å². The maximum atomic E-state index is 12.5. The molecule has 0 atom stereocenters. The van der Waals surface area contributed by atoms with Gasteiger partial charge in [0.05, 0.1) is 5.54 Å². The third kappa shape index (κ3) is 2.86. The van der Waals surface area contributed by atoms with Crippen LogP contribution in [0.4, 0.5) is 4.79 Å². The maximum Gasteiger partial charge on any atom is 0.410 e. The van der Waals surface area contributed by atoms with E-state index < -0.39 is 0 Å². The molecule has 3 aliphatic rings. The molecule has 144 valence electrons. The zero-order chi connectivity index (χ0) is 19.5. The highest BCUT2D eigenvalue weighted by Crippen LogP contribution is 2.36. The predicted molar refractivity (Wildman–Crippen MR) is 106 cm³/mol. The molecule has 0 spiro atoms. The Morgan fingerprint density at radius 1 is 1.04 bits per heavy atom. The minimum atomic E-state index is -0.282. The van der Waals surface area contributed by atoms with Crippen LogP contribution in [0.2, 0.25) is 0 Å². The van der Waals surface area contributed by atoms with Gasteiger partial charge < -0.3 is 9.64 Å². The van der Waals surface area contributed by atoms with E-state index in [-0.39, 0.29) is 17.5 Å². The van der Waals surface area contributed by atoms with E-state index in [0.29, 0.717) is 19.2 Å². The molecule has 2 aromatic rings. The largest absolute Gasteiger partial charge is 0.447 e. The lowest BCUT2D eigenvalue weighted by Gasteiger charge is -2.27. The molecular weight excluding hydrogens is 352 g/mol. The Bertz CT molecular complexity index is 960. The van der Waals surface area contributed by atoms with Gasteiger partial charge in [-0.2, -0.15) is 0 Å². The number of hydrogen-bond donors (Lipinski definition) is 0. The number of rotatable bonds is 4. The van der Waals surface area contributed by atoms with Crippen LogP contribution in [-0.2, 0) is 17.8 Å². The first kappa shape index (κ1) is 17.3. The molecule has 5 rings (SSSR count). The molecule has 1 saturated carbocycles. The van der Waals surface area contributed by atoms with Gasteiger partial charge in [0.2, 0.25) is 0 Å². The monoisotopic (exact) mass is 376 g/mol. The first-order valence-corrected chi connectivity index (χ1v) is 9.90. The Labute approximate surface area is 164 Å². The van der Waals surface area contributed by atoms with Crippen LogP contribution in [0.15, 0.2) is 42.5 Å². The van der Waals surface area contributed by atoms with Crippen LogP contribution in [0.5, 0.6) is 0 Å². The SMILES string of the molecule is CC1(C)COC(=O)N1Cc1ccc(-c2ccc3c(c2)CN(C2CC2)C3=O)cc1. The molecule has 0 N–H and O–H groups in total. The van der Waals surface area contributed by atoms with Gasteiger partial charge in [-0.05, 0) is 61.1 Å². The third-order valence-electron chi connectivity index (χ3n) is 6.05. The van der Waals surface area contributed by atoms with E-state index in [0.717, 1.165) is 47.2 Å². The van der Waals surface area contributed by atoms with E-state index in [1.165, 1.54) is 0 Å². The number of ether oxygens (including phenoxy) is 1. The van der Waals surface area contributed by atoms with E-state index in [9.17, 15) is 9.59 Å². The topological polar surface area (TPSA) is 49.9 Å². The summed E-state index contributed by atoms with van der Waals surface area (Å²) >= 11 is 0. The van der Waals surface area contributed by atoms with Crippen molar-refractivity contribution in [1.82, 2.24) is 9.80 Å². The number of hydrogen-bond acceptors (Lipinski definition) is 3. The molecular formula is C23H24N2O3. The van der Waals surface area contributed by atoms with E-state index in [1.807, 2.05) is 30.9 Å². The van der Waals surface area contributed by atoms with Crippen LogP contribution >= 0.6 is 0 Å². The lowest BCUT2D eigenvalue weighted by molar-refractivity contribution is 0.0766. The average Bonchev–Trinajstić information content (AvgIpc) is 3.43. The number of carbonyl (C=O) groups is 2. The Balaban J connectivity index is 1.35. The normalized spacial score (nSPS) is 20.5. The van der Waals surface area contributed by atoms with Gasteiger partial charge in [-0.1, -0.05) is 30.3 Å². The first-order valence-electron chi connectivity index (χ1n) is 9.90. The van der Waals surface area contributed by atoms with Crippen molar-refractivity contribution < 1.29 is 14.3 Å². The Kier molecular flexibility index (Phi) is 3.76. The molecule has 5 heteroatoms. The molecule has 1 aliphatic carbocycles. The minimum absolute atomic E-state index is 0.180. The lowest BCUT2D eigenvalue weighted by atomic mass is 9.99. The standard InChI is InChI=1S/C23H24N2O3/c1-23(2)14-28-22(27)25(23)12-15-3-5-16(6-4-15)17-7-10-20-18(11-17)13-24(21(20)26)19-8-9-19/h3-7,10-11,19H,8-9,12-14H2,1-2H3. The molecule has 0 aromatic heterocycles. The molecule has 5 nitrogen and oxygen atoms in total. The molecule has 0 radical (unpaired) electrons. The van der Waals surface area contributed by atoms with Crippen molar-refractivity contribution in [3.63, 3.8) is 0 Å². The van der Waals surface area contributed by atoms with Gasteiger partial charge in [0.15, 0.2) is 0 Å². The second-order valence-electron chi connectivity index (χ2n) is 8.69. The van der Waals surface area contributed by atoms with Crippen molar-refractivity contribution in [1.29, 1.82) is 0 Å². The van der Waals surface area contributed by atoms with Crippen molar-refractivity contribution in [3.05, 3.63) is 59.2 Å². The van der Waals surface area contributed by atoms with E-state index in [1.54, 1.807) is 4.90 Å². The van der Waals surface area contributed by atoms with E-state index >= 15 is 0 Å². The molecule has 1 saturated heterocycles. The minimum Gasteiger partial charge on any atom is -0.447 e. The highest BCUT2D eigenvalue weighted by atomic mass is 16.6. The molecule has 2 aromatic carbocycles. The highest BCUT2D eigenvalue weighted by molar-refractivity contribution is 5.99. The molecule has 2 fully saturated rings. The predicted octanol–water partition coefficient (Wildman–Crippen LogP) is 4.20. The second-order valence-corrected chi connectivity index (χ2v) is 8.69. The summed E-state index contributed by atoms with van der Waals surface area (Å²) in [6.07, 6.45) is 2.02. The van der Waals surface area contributed by atoms with Crippen LogP contribution in [0.3, 0.4) is 0 Å². The van der Waals surface area contributed by atoms with Gasteiger partial charge in [-0.15, -0.1) is 0 Å². The van der Waals surface area contributed by atoms with E-state index in [4.69, 9.17) is 4.74 Å². The molecule has 0 bridgehead atoms. The van der Waals surface area contributed by atoms with Crippen molar-refractivity contribution in [3.8, 4) is 11.1 Å². The van der Waals surface area contributed by atoms with Crippen LogP contribution in [0.1, 0.15) is 48.2 Å². The molecule has 2 amide bonds. The number of amides is 2. The highest BCUT2D eigenvalue weighted by Gasteiger charge is 2.40. The fraction of sp³-hybridized carbons (Fsp3) is 0.391. The summed E-state index contributed by atoms with van der Waals surface area (Å²) in [4.78, 5) is 28.2. The smallest absolute Gasteiger partial charge is 0.410 e. The summed E-state index contributed by atoms with van der Waals surface area (Å²) in [7, 11) is 0. The number of benzene rings is 2. The first-order chi connectivity index (χ1) is 13.4. The van der Waals surface area contributed by atoms with Gasteiger partial charge in [-0.3, -0.25) is 9.69 Å². The molecule has 0 unspecified atom stereocenters. The van der Waals surface area contributed by atoms with Gasteiger partial charge >= 0.3 is 6.09 Å². The second kappa shape index (κ2) is 6.09. The summed E-state index contributed by atoms with van der Waals surface area (Å²) in [6.45, 7) is 5.74. The maximum absolute atomic E-state index is 12.5. The number of carbonyl (C=O) groups excluding carboxylic acids is 2. The molecule has 2 heterocycles. The van der Waals surface area contributed by atoms with Gasteiger partial charge in [0.1, 0.15) is 6.61 Å². The zero-order valence-electron chi connectivity index (χ0n) is 16.3. The number of fused-ring (bicyclic) bond motifs is 1. The Hall–Kier alpha value is -2.82. The van der Waals surface area contributed by atoms with Crippen molar-refractivity contribution >= 4 is 12.0 Å². The van der Waals surface area contributed by atoms with Crippen molar-refractivity contribution in [2.45, 2.75) is 51.4 Å². The summed E-state index contributed by atoms with van der Waals surface area (Å²) in [6, 6.07) is 14.9. The Morgan fingerprint density at radius 3 is 2.39 bits per heavy atom. The van der Waals surface area contributed by atoms with Crippen molar-refractivity contribution in [2.75, 3.05) is 6.61 Å². The summed E-state index contributed by atoms with van der Waals surface area (Å²) in [5.41, 5.74) is 5.01. The summed E-state index contributed by atoms with van der Waals surface area (Å²) in [5.74, 6) is 0.180. The zero-order valence-corrected chi connectivity index (χ0v) is 16.3. The average molecular weight is 376 g/mol. The van der Waals surface area contributed by atoms with Gasteiger partial charge in [0, 0.05) is 24.7 Å². The fourth-order valence-corrected chi connectivity index (χ4v) is 4.11. The van der Waals surface area contributed by atoms with Gasteiger partial charge in [0.25, 0.3) is 5.91 Å². The number of nitrogens with zero attached hydrogens (tertiary/aromatic N) is 2. The third-order valence-corrected chi connectivity index (χ3v) is 6.05. The van der Waals surface area contributed by atoms with Crippen molar-refractivity contribution in [2.24, 2.45) is 0 Å². The quantitative estimate of drug-likeness (QED) is 0.803. The molecule has 2 aliphatic heterocycles. The van der Waals surface area contributed by atoms with Crippen LogP contribution in [0, 0.1) is 0 Å². The van der Waals surface area contributed by atoms with Crippen LogP contribution in [-0.4, -0.2) is 40.0 Å². The lowest BCUT2D eigenvalue weighted by Crippen LogP contribution is -2.41. The molecule has 28 heavy (non-hydrogen) atoms. The van der Waals surface area contributed by atoms with Crippen LogP contribution < -0.4 is 0 Å². The fourth-order valence-electron chi connectivity index (χ4n) is 4.11. The summed E-state index contributed by atoms with van der Waals surface area (Å²) in [5, 5.41) is 0. The summed E-state index contributed by atoms with van der Waals surface area (Å²) < 4.78 is 5.18. The number of cyclic esters (lactones) is 1. The Morgan fingerprint density at radius 2 is 1.75 bits per heavy atom. The van der Waals surface area contributed by atoms with E-state index in [2.05, 4.69) is 30.3 Å².